The van der Waals surface area contributed by atoms with Crippen LogP contribution in [0.4, 0.5) is 0 Å². The highest BCUT2D eigenvalue weighted by molar-refractivity contribution is 6.35. The number of halogens is 2. The standard InChI is InChI=1S/C20H18Cl2N4O4/c1-2-9-26-20(29)14-6-4-3-5-13(14)18(25-26)19(28)24-23-17(27)11-30-16-8-7-12(21)10-15(16)22/h3-8,10H,2,9,11H2,1H3,(H,23,27)(H,24,28). The average molecular weight is 449 g/mol. The van der Waals surface area contributed by atoms with Crippen molar-refractivity contribution in [1.82, 2.24) is 20.6 Å². The Morgan fingerprint density at radius 3 is 2.53 bits per heavy atom. The summed E-state index contributed by atoms with van der Waals surface area (Å²) in [5.74, 6) is -0.990. The number of hydrogen-bond donors (Lipinski definition) is 2. The topological polar surface area (TPSA) is 102 Å². The number of carbonyl (C=O) groups excluding carboxylic acids is 2. The number of fused-ring (bicyclic) bond motifs is 1. The first-order valence-electron chi connectivity index (χ1n) is 9.07. The molecule has 1 aromatic heterocycles. The third-order valence-corrected chi connectivity index (χ3v) is 4.62. The van der Waals surface area contributed by atoms with Gasteiger partial charge < -0.3 is 4.74 Å². The Labute approximate surface area is 181 Å². The molecular weight excluding hydrogens is 431 g/mol. The van der Waals surface area contributed by atoms with Crippen LogP contribution in [0.5, 0.6) is 5.75 Å². The van der Waals surface area contributed by atoms with Crippen LogP contribution < -0.4 is 21.1 Å². The molecule has 2 N–H and O–H groups in total. The van der Waals surface area contributed by atoms with E-state index >= 15 is 0 Å². The number of benzene rings is 2. The van der Waals surface area contributed by atoms with Crippen LogP contribution >= 0.6 is 23.2 Å². The maximum absolute atomic E-state index is 12.6. The lowest BCUT2D eigenvalue weighted by molar-refractivity contribution is -0.123. The van der Waals surface area contributed by atoms with Crippen LogP contribution in [0.3, 0.4) is 0 Å². The molecule has 156 valence electrons. The number of nitrogens with zero attached hydrogens (tertiary/aromatic N) is 2. The highest BCUT2D eigenvalue weighted by Gasteiger charge is 2.17. The molecule has 3 rings (SSSR count). The fourth-order valence-corrected chi connectivity index (χ4v) is 3.19. The predicted octanol–water partition coefficient (Wildman–Crippen LogP) is 2.95. The molecule has 0 radical (unpaired) electrons. The van der Waals surface area contributed by atoms with Crippen LogP contribution in [0.15, 0.2) is 47.3 Å². The summed E-state index contributed by atoms with van der Waals surface area (Å²) in [6, 6.07) is 11.3. The highest BCUT2D eigenvalue weighted by Crippen LogP contribution is 2.27. The van der Waals surface area contributed by atoms with Crippen molar-refractivity contribution in [3.63, 3.8) is 0 Å². The first kappa shape index (κ1) is 21.6. The van der Waals surface area contributed by atoms with Crippen molar-refractivity contribution in [2.45, 2.75) is 19.9 Å². The molecule has 2 amide bonds. The van der Waals surface area contributed by atoms with Crippen molar-refractivity contribution in [3.8, 4) is 5.75 Å². The number of aromatic nitrogens is 2. The lowest BCUT2D eigenvalue weighted by Gasteiger charge is -2.12. The first-order valence-corrected chi connectivity index (χ1v) is 9.83. The zero-order chi connectivity index (χ0) is 21.7. The molecule has 0 unspecified atom stereocenters. The summed E-state index contributed by atoms with van der Waals surface area (Å²) in [7, 11) is 0. The minimum atomic E-state index is -0.658. The Balaban J connectivity index is 1.70. The maximum Gasteiger partial charge on any atom is 0.290 e. The smallest absolute Gasteiger partial charge is 0.290 e. The third-order valence-electron chi connectivity index (χ3n) is 4.09. The van der Waals surface area contributed by atoms with Crippen LogP contribution in [0.25, 0.3) is 10.8 Å². The van der Waals surface area contributed by atoms with Gasteiger partial charge in [-0.2, -0.15) is 5.10 Å². The second-order valence-electron chi connectivity index (χ2n) is 6.29. The molecule has 0 aliphatic carbocycles. The summed E-state index contributed by atoms with van der Waals surface area (Å²) >= 11 is 11.8. The third kappa shape index (κ3) is 4.90. The van der Waals surface area contributed by atoms with Gasteiger partial charge in [0.15, 0.2) is 12.3 Å². The largest absolute Gasteiger partial charge is 0.482 e. The van der Waals surface area contributed by atoms with Gasteiger partial charge in [0.25, 0.3) is 17.4 Å². The fourth-order valence-electron chi connectivity index (χ4n) is 2.72. The van der Waals surface area contributed by atoms with E-state index in [2.05, 4.69) is 16.0 Å². The van der Waals surface area contributed by atoms with Crippen molar-refractivity contribution < 1.29 is 14.3 Å². The van der Waals surface area contributed by atoms with Gasteiger partial charge in [-0.05, 0) is 30.7 Å². The predicted molar refractivity (Wildman–Crippen MR) is 114 cm³/mol. The van der Waals surface area contributed by atoms with Gasteiger partial charge in [0.05, 0.1) is 10.4 Å². The summed E-state index contributed by atoms with van der Waals surface area (Å²) in [6.45, 7) is 1.88. The Morgan fingerprint density at radius 1 is 1.10 bits per heavy atom. The number of rotatable bonds is 6. The summed E-state index contributed by atoms with van der Waals surface area (Å²) in [6.07, 6.45) is 0.674. The van der Waals surface area contributed by atoms with E-state index in [-0.39, 0.29) is 28.6 Å². The molecule has 0 bridgehead atoms. The summed E-state index contributed by atoms with van der Waals surface area (Å²) in [4.78, 5) is 37.1. The number of hydrogen-bond acceptors (Lipinski definition) is 5. The van der Waals surface area contributed by atoms with E-state index in [4.69, 9.17) is 27.9 Å². The van der Waals surface area contributed by atoms with Crippen LogP contribution in [0.1, 0.15) is 23.8 Å². The van der Waals surface area contributed by atoms with Crippen molar-refractivity contribution in [2.75, 3.05) is 6.61 Å². The molecule has 8 nitrogen and oxygen atoms in total. The van der Waals surface area contributed by atoms with Crippen molar-refractivity contribution >= 4 is 45.8 Å². The average Bonchev–Trinajstić information content (AvgIpc) is 2.73. The second-order valence-corrected chi connectivity index (χ2v) is 7.13. The molecule has 0 aliphatic rings. The maximum atomic E-state index is 12.6. The van der Waals surface area contributed by atoms with E-state index in [0.717, 1.165) is 0 Å². The lowest BCUT2D eigenvalue weighted by Crippen LogP contribution is -2.44. The molecular formula is C20H18Cl2N4O4. The molecule has 0 fully saturated rings. The van der Waals surface area contributed by atoms with Crippen LogP contribution in [0, 0.1) is 0 Å². The second kappa shape index (κ2) is 9.60. The first-order chi connectivity index (χ1) is 14.4. The normalized spacial score (nSPS) is 10.6. The number of aryl methyl sites for hydroxylation is 1. The van der Waals surface area contributed by atoms with E-state index in [0.29, 0.717) is 28.8 Å². The number of amides is 2. The minimum Gasteiger partial charge on any atom is -0.482 e. The minimum absolute atomic E-state index is 0.0283. The molecule has 30 heavy (non-hydrogen) atoms. The quantitative estimate of drug-likeness (QED) is 0.564. The lowest BCUT2D eigenvalue weighted by atomic mass is 10.1. The molecule has 3 aromatic rings. The van der Waals surface area contributed by atoms with Gasteiger partial charge in [-0.3, -0.25) is 25.2 Å². The number of ether oxygens (including phenoxy) is 1. The van der Waals surface area contributed by atoms with Gasteiger partial charge in [0, 0.05) is 17.0 Å². The van der Waals surface area contributed by atoms with E-state index < -0.39 is 11.8 Å². The van der Waals surface area contributed by atoms with E-state index in [1.54, 1.807) is 30.3 Å². The van der Waals surface area contributed by atoms with Gasteiger partial charge >= 0.3 is 0 Å². The molecule has 0 saturated carbocycles. The van der Waals surface area contributed by atoms with Crippen molar-refractivity contribution in [3.05, 3.63) is 68.6 Å². The summed E-state index contributed by atoms with van der Waals surface area (Å²) in [5.41, 5.74) is 4.29. The fraction of sp³-hybridized carbons (Fsp3) is 0.200. The molecule has 10 heteroatoms. The Hall–Kier alpha value is -3.10. The Morgan fingerprint density at radius 2 is 1.83 bits per heavy atom. The van der Waals surface area contributed by atoms with Gasteiger partial charge in [-0.15, -0.1) is 0 Å². The molecule has 0 aliphatic heterocycles. The van der Waals surface area contributed by atoms with Crippen molar-refractivity contribution in [1.29, 1.82) is 0 Å². The number of hydrazine groups is 1. The number of carbonyl (C=O) groups is 2. The molecule has 0 spiro atoms. The highest BCUT2D eigenvalue weighted by atomic mass is 35.5. The van der Waals surface area contributed by atoms with Crippen LogP contribution in [-0.2, 0) is 11.3 Å². The van der Waals surface area contributed by atoms with Gasteiger partial charge in [-0.25, -0.2) is 4.68 Å². The van der Waals surface area contributed by atoms with Crippen molar-refractivity contribution in [2.24, 2.45) is 0 Å². The zero-order valence-electron chi connectivity index (χ0n) is 15.9. The molecule has 0 saturated heterocycles. The SMILES string of the molecule is CCCn1nc(C(=O)NNC(=O)COc2ccc(Cl)cc2Cl)c2ccccc2c1=O. The van der Waals surface area contributed by atoms with Gasteiger partial charge in [0.1, 0.15) is 5.75 Å². The number of nitrogens with one attached hydrogen (secondary N) is 2. The Bertz CT molecular complexity index is 1160. The Kier molecular flexibility index (Phi) is 6.91. The van der Waals surface area contributed by atoms with E-state index in [9.17, 15) is 14.4 Å². The van der Waals surface area contributed by atoms with Gasteiger partial charge in [0.2, 0.25) is 0 Å². The molecule has 0 atom stereocenters. The zero-order valence-corrected chi connectivity index (χ0v) is 17.5. The summed E-state index contributed by atoms with van der Waals surface area (Å²) in [5, 5.41) is 5.62. The van der Waals surface area contributed by atoms with Crippen LogP contribution in [-0.4, -0.2) is 28.2 Å². The monoisotopic (exact) mass is 448 g/mol. The van der Waals surface area contributed by atoms with Crippen LogP contribution in [0.2, 0.25) is 10.0 Å². The molecule has 1 heterocycles. The summed E-state index contributed by atoms with van der Waals surface area (Å²) < 4.78 is 6.55. The molecule has 2 aromatic carbocycles. The van der Waals surface area contributed by atoms with Gasteiger partial charge in [-0.1, -0.05) is 48.3 Å². The van der Waals surface area contributed by atoms with E-state index in [1.807, 2.05) is 6.92 Å². The van der Waals surface area contributed by atoms with E-state index in [1.165, 1.54) is 16.8 Å².